The van der Waals surface area contributed by atoms with Gasteiger partial charge >= 0.3 is 0 Å². The smallest absolute Gasteiger partial charge is 0.0515 e. The monoisotopic (exact) mass is 233 g/mol. The van der Waals surface area contributed by atoms with Gasteiger partial charge in [-0.3, -0.25) is 0 Å². The molecule has 0 saturated carbocycles. The molecule has 0 N–H and O–H groups in total. The number of nitrogens with zero attached hydrogens (tertiary/aromatic N) is 1. The van der Waals surface area contributed by atoms with Gasteiger partial charge < -0.3 is 9.64 Å². The van der Waals surface area contributed by atoms with Crippen molar-refractivity contribution in [2.75, 3.05) is 31.2 Å². The van der Waals surface area contributed by atoms with E-state index in [1.54, 1.807) is 0 Å². The van der Waals surface area contributed by atoms with E-state index < -0.39 is 0 Å². The minimum atomic E-state index is 0.770. The number of benzene rings is 1. The topological polar surface area (TPSA) is 12.5 Å². The fourth-order valence-electron chi connectivity index (χ4n) is 2.65. The van der Waals surface area contributed by atoms with E-state index in [1.165, 1.54) is 24.3 Å². The zero-order valence-corrected chi connectivity index (χ0v) is 11.1. The van der Waals surface area contributed by atoms with Crippen molar-refractivity contribution in [2.24, 2.45) is 11.8 Å². The van der Waals surface area contributed by atoms with Gasteiger partial charge in [-0.05, 0) is 19.1 Å². The fourth-order valence-corrected chi connectivity index (χ4v) is 2.65. The van der Waals surface area contributed by atoms with E-state index in [-0.39, 0.29) is 0 Å². The van der Waals surface area contributed by atoms with Crippen LogP contribution < -0.4 is 4.90 Å². The molecule has 2 aliphatic heterocycles. The van der Waals surface area contributed by atoms with Crippen LogP contribution in [0.5, 0.6) is 0 Å². The molecule has 17 heavy (non-hydrogen) atoms. The third-order valence-electron chi connectivity index (χ3n) is 3.64. The van der Waals surface area contributed by atoms with Crippen LogP contribution in [0.15, 0.2) is 24.3 Å². The predicted molar refractivity (Wildman–Crippen MR) is 72.5 cm³/mol. The molecule has 0 radical (unpaired) electrons. The van der Waals surface area contributed by atoms with Crippen LogP contribution in [0, 0.1) is 18.8 Å². The first-order chi connectivity index (χ1) is 8.33. The first-order valence-corrected chi connectivity index (χ1v) is 6.72. The van der Waals surface area contributed by atoms with Crippen molar-refractivity contribution in [3.63, 3.8) is 0 Å². The van der Waals surface area contributed by atoms with E-state index >= 15 is 0 Å². The molecule has 2 saturated heterocycles. The minimum Gasteiger partial charge on any atom is -0.381 e. The Balaban J connectivity index is 0.000000514. The first kappa shape index (κ1) is 12.4. The molecule has 2 fully saturated rings. The molecule has 0 spiro atoms. The van der Waals surface area contributed by atoms with Crippen molar-refractivity contribution in [1.82, 2.24) is 0 Å². The highest BCUT2D eigenvalue weighted by atomic mass is 16.5. The number of ether oxygens (including phenoxy) is 1. The van der Waals surface area contributed by atoms with Crippen LogP contribution in [-0.4, -0.2) is 26.3 Å². The first-order valence-electron chi connectivity index (χ1n) is 6.72. The highest BCUT2D eigenvalue weighted by Crippen LogP contribution is 2.32. The van der Waals surface area contributed by atoms with Gasteiger partial charge in [0, 0.05) is 30.6 Å². The summed E-state index contributed by atoms with van der Waals surface area (Å²) in [4.78, 5) is 2.50. The van der Waals surface area contributed by atoms with Gasteiger partial charge in [0.1, 0.15) is 0 Å². The molecule has 2 aliphatic rings. The Hall–Kier alpha value is -1.02. The minimum absolute atomic E-state index is 0.770. The molecule has 2 nitrogen and oxygen atoms in total. The van der Waals surface area contributed by atoms with Gasteiger partial charge in [0.05, 0.1) is 13.2 Å². The fraction of sp³-hybridized carbons (Fsp3) is 0.600. The lowest BCUT2D eigenvalue weighted by Gasteiger charge is -2.19. The molecule has 3 rings (SSSR count). The Kier molecular flexibility index (Phi) is 4.06. The standard InChI is InChI=1S/C13H17NO.C2H6/c1-10-2-4-13(5-3-10)14-6-11-8-15-9-12(11)7-14;1-2/h2-5,11-12H,6-9H2,1H3;1-2H3/t11-,12+;. The van der Waals surface area contributed by atoms with E-state index in [9.17, 15) is 0 Å². The molecule has 2 atom stereocenters. The number of hydrogen-bond acceptors (Lipinski definition) is 2. The lowest BCUT2D eigenvalue weighted by atomic mass is 10.0. The van der Waals surface area contributed by atoms with Crippen molar-refractivity contribution < 1.29 is 4.74 Å². The summed E-state index contributed by atoms with van der Waals surface area (Å²) < 4.78 is 5.49. The summed E-state index contributed by atoms with van der Waals surface area (Å²) in [6.07, 6.45) is 0. The predicted octanol–water partition coefficient (Wildman–Crippen LogP) is 3.10. The molecule has 0 bridgehead atoms. The van der Waals surface area contributed by atoms with Gasteiger partial charge in [0.2, 0.25) is 0 Å². The van der Waals surface area contributed by atoms with E-state index in [1.807, 2.05) is 13.8 Å². The SMILES string of the molecule is CC.Cc1ccc(N2C[C@H]3COC[C@H]3C2)cc1. The second kappa shape index (κ2) is 5.54. The Morgan fingerprint density at radius 1 is 1.00 bits per heavy atom. The maximum atomic E-state index is 5.49. The van der Waals surface area contributed by atoms with Gasteiger partial charge in [-0.25, -0.2) is 0 Å². The Morgan fingerprint density at radius 2 is 1.53 bits per heavy atom. The van der Waals surface area contributed by atoms with Gasteiger partial charge in [-0.1, -0.05) is 31.5 Å². The summed E-state index contributed by atoms with van der Waals surface area (Å²) in [6.45, 7) is 10.4. The Labute approximate surface area is 105 Å². The summed E-state index contributed by atoms with van der Waals surface area (Å²) in [5, 5.41) is 0. The van der Waals surface area contributed by atoms with E-state index in [0.29, 0.717) is 0 Å². The van der Waals surface area contributed by atoms with Crippen molar-refractivity contribution in [3.05, 3.63) is 29.8 Å². The molecule has 1 aromatic carbocycles. The van der Waals surface area contributed by atoms with Crippen LogP contribution in [0.25, 0.3) is 0 Å². The van der Waals surface area contributed by atoms with E-state index in [4.69, 9.17) is 4.74 Å². The number of fused-ring (bicyclic) bond motifs is 1. The quantitative estimate of drug-likeness (QED) is 0.739. The summed E-state index contributed by atoms with van der Waals surface area (Å²) >= 11 is 0. The molecule has 0 aromatic heterocycles. The maximum absolute atomic E-state index is 5.49. The maximum Gasteiger partial charge on any atom is 0.0515 e. The molecule has 0 amide bonds. The second-order valence-electron chi connectivity index (χ2n) is 4.80. The van der Waals surface area contributed by atoms with E-state index in [0.717, 1.165) is 25.0 Å². The molecule has 1 aromatic rings. The van der Waals surface area contributed by atoms with Crippen LogP contribution in [0.3, 0.4) is 0 Å². The number of aryl methyl sites for hydroxylation is 1. The van der Waals surface area contributed by atoms with E-state index in [2.05, 4.69) is 36.1 Å². The summed E-state index contributed by atoms with van der Waals surface area (Å²) in [6, 6.07) is 8.86. The van der Waals surface area contributed by atoms with Crippen LogP contribution >= 0.6 is 0 Å². The summed E-state index contributed by atoms with van der Waals surface area (Å²) in [5.74, 6) is 1.54. The molecule has 0 unspecified atom stereocenters. The molecule has 2 heteroatoms. The van der Waals surface area contributed by atoms with Crippen LogP contribution in [0.4, 0.5) is 5.69 Å². The third kappa shape index (κ3) is 2.63. The second-order valence-corrected chi connectivity index (χ2v) is 4.80. The lowest BCUT2D eigenvalue weighted by Crippen LogP contribution is -2.21. The zero-order chi connectivity index (χ0) is 12.3. The molecule has 0 aliphatic carbocycles. The Morgan fingerprint density at radius 3 is 2.06 bits per heavy atom. The highest BCUT2D eigenvalue weighted by Gasteiger charge is 2.36. The van der Waals surface area contributed by atoms with Gasteiger partial charge in [0.15, 0.2) is 0 Å². The normalized spacial score (nSPS) is 26.4. The van der Waals surface area contributed by atoms with Crippen molar-refractivity contribution >= 4 is 5.69 Å². The number of rotatable bonds is 1. The van der Waals surface area contributed by atoms with Gasteiger partial charge in [0.25, 0.3) is 0 Å². The molecular weight excluding hydrogens is 210 g/mol. The number of anilines is 1. The third-order valence-corrected chi connectivity index (χ3v) is 3.64. The summed E-state index contributed by atoms with van der Waals surface area (Å²) in [7, 11) is 0. The zero-order valence-electron chi connectivity index (χ0n) is 11.1. The molecule has 2 heterocycles. The Bertz CT molecular complexity index is 334. The van der Waals surface area contributed by atoms with Crippen LogP contribution in [0.2, 0.25) is 0 Å². The van der Waals surface area contributed by atoms with Crippen molar-refractivity contribution in [2.45, 2.75) is 20.8 Å². The van der Waals surface area contributed by atoms with Crippen molar-refractivity contribution in [1.29, 1.82) is 0 Å². The highest BCUT2D eigenvalue weighted by molar-refractivity contribution is 5.48. The largest absolute Gasteiger partial charge is 0.381 e. The van der Waals surface area contributed by atoms with Crippen LogP contribution in [0.1, 0.15) is 19.4 Å². The molecule has 94 valence electrons. The average molecular weight is 233 g/mol. The average Bonchev–Trinajstić information content (AvgIpc) is 2.93. The van der Waals surface area contributed by atoms with Crippen LogP contribution in [-0.2, 0) is 4.74 Å². The van der Waals surface area contributed by atoms with Crippen molar-refractivity contribution in [3.8, 4) is 0 Å². The lowest BCUT2D eigenvalue weighted by molar-refractivity contribution is 0.177. The number of hydrogen-bond donors (Lipinski definition) is 0. The summed E-state index contributed by atoms with van der Waals surface area (Å²) in [5.41, 5.74) is 2.71. The van der Waals surface area contributed by atoms with Gasteiger partial charge in [-0.15, -0.1) is 0 Å². The molecular formula is C15H23NO. The van der Waals surface area contributed by atoms with Gasteiger partial charge in [-0.2, -0.15) is 0 Å².